The quantitative estimate of drug-likeness (QED) is 0.405. The van der Waals surface area contributed by atoms with E-state index in [1.807, 2.05) is 0 Å². The molecule has 112 valence electrons. The number of methoxy groups -OCH3 is 1. The molecule has 0 aliphatic heterocycles. The van der Waals surface area contributed by atoms with Gasteiger partial charge in [0.25, 0.3) is 0 Å². The van der Waals surface area contributed by atoms with Crippen molar-refractivity contribution in [1.29, 1.82) is 0 Å². The first-order valence-corrected chi connectivity index (χ1v) is 6.53. The Morgan fingerprint density at radius 3 is 2.65 bits per heavy atom. The fourth-order valence-electron chi connectivity index (χ4n) is 1.78. The highest BCUT2D eigenvalue weighted by Gasteiger charge is 2.21. The smallest absolute Gasteiger partial charge is 0.332 e. The molecule has 0 atom stereocenters. The van der Waals surface area contributed by atoms with Crippen molar-refractivity contribution in [3.63, 3.8) is 0 Å². The van der Waals surface area contributed by atoms with Crippen LogP contribution in [0, 0.1) is 17.0 Å². The zero-order valence-electron chi connectivity index (χ0n) is 12.1. The Morgan fingerprint density at radius 2 is 2.05 bits per heavy atom. The molecule has 1 heterocycles. The second kappa shape index (κ2) is 8.26. The van der Waals surface area contributed by atoms with Crippen LogP contribution in [0.25, 0.3) is 0 Å². The summed E-state index contributed by atoms with van der Waals surface area (Å²) in [4.78, 5) is 18.7. The van der Waals surface area contributed by atoms with Crippen molar-refractivity contribution in [3.05, 3.63) is 15.8 Å². The lowest BCUT2D eigenvalue weighted by atomic mass is 10.2. The molecule has 0 radical (unpaired) electrons. The van der Waals surface area contributed by atoms with Crippen molar-refractivity contribution in [2.75, 3.05) is 37.9 Å². The maximum absolute atomic E-state index is 11.1. The highest BCUT2D eigenvalue weighted by atomic mass is 16.6. The summed E-state index contributed by atoms with van der Waals surface area (Å²) < 4.78 is 4.96. The zero-order valence-corrected chi connectivity index (χ0v) is 12.1. The Bertz CT molecular complexity index is 453. The van der Waals surface area contributed by atoms with Gasteiger partial charge >= 0.3 is 5.69 Å². The number of nitrogens with one attached hydrogen (secondary N) is 2. The van der Waals surface area contributed by atoms with Crippen LogP contribution in [0.5, 0.6) is 0 Å². The van der Waals surface area contributed by atoms with Crippen LogP contribution >= 0.6 is 0 Å². The maximum Gasteiger partial charge on any atom is 0.332 e. The van der Waals surface area contributed by atoms with Gasteiger partial charge in [0, 0.05) is 27.3 Å². The first kappa shape index (κ1) is 16.1. The first-order valence-electron chi connectivity index (χ1n) is 6.53. The average Bonchev–Trinajstić information content (AvgIpc) is 2.41. The maximum atomic E-state index is 11.1. The second-order valence-electron chi connectivity index (χ2n) is 4.32. The molecule has 8 heteroatoms. The summed E-state index contributed by atoms with van der Waals surface area (Å²) in [5.41, 5.74) is 0.275. The molecule has 0 aliphatic rings. The van der Waals surface area contributed by atoms with Gasteiger partial charge < -0.3 is 15.4 Å². The van der Waals surface area contributed by atoms with E-state index in [1.165, 1.54) is 0 Å². The number of aromatic nitrogens is 2. The summed E-state index contributed by atoms with van der Waals surface area (Å²) in [5.74, 6) is 0.633. The third kappa shape index (κ3) is 4.61. The Labute approximate surface area is 118 Å². The van der Waals surface area contributed by atoms with Crippen LogP contribution in [0.3, 0.4) is 0 Å². The predicted octanol–water partition coefficient (Wildman–Crippen LogP) is 1.96. The molecule has 0 aliphatic carbocycles. The summed E-state index contributed by atoms with van der Waals surface area (Å²) >= 11 is 0. The first-order chi connectivity index (χ1) is 9.60. The number of hydrogen-bond acceptors (Lipinski definition) is 7. The fraction of sp³-hybridized carbons (Fsp3) is 0.667. The van der Waals surface area contributed by atoms with E-state index in [9.17, 15) is 10.1 Å². The molecular weight excluding hydrogens is 262 g/mol. The van der Waals surface area contributed by atoms with E-state index in [2.05, 4.69) is 20.6 Å². The Hall–Kier alpha value is -1.96. The van der Waals surface area contributed by atoms with Crippen LogP contribution in [-0.2, 0) is 4.74 Å². The van der Waals surface area contributed by atoms with Gasteiger partial charge in [-0.3, -0.25) is 10.1 Å². The number of ether oxygens (including phenoxy) is 1. The van der Waals surface area contributed by atoms with Gasteiger partial charge in [0.05, 0.1) is 4.92 Å². The summed E-state index contributed by atoms with van der Waals surface area (Å²) in [7, 11) is 3.35. The molecule has 0 saturated carbocycles. The van der Waals surface area contributed by atoms with Gasteiger partial charge in [-0.25, -0.2) is 4.98 Å². The van der Waals surface area contributed by atoms with Crippen molar-refractivity contribution in [1.82, 2.24) is 9.97 Å². The lowest BCUT2D eigenvalue weighted by Crippen LogP contribution is -2.10. The van der Waals surface area contributed by atoms with E-state index < -0.39 is 4.92 Å². The lowest BCUT2D eigenvalue weighted by Gasteiger charge is -2.09. The summed E-state index contributed by atoms with van der Waals surface area (Å²) in [5, 5.41) is 16.9. The molecule has 20 heavy (non-hydrogen) atoms. The Kier molecular flexibility index (Phi) is 6.65. The minimum absolute atomic E-state index is 0.0686. The number of unbranched alkanes of at least 4 members (excludes halogenated alkanes) is 2. The number of nitro groups is 1. The molecule has 0 unspecified atom stereocenters. The highest BCUT2D eigenvalue weighted by Crippen LogP contribution is 2.26. The Balaban J connectivity index is 2.67. The van der Waals surface area contributed by atoms with E-state index in [-0.39, 0.29) is 11.5 Å². The fourth-order valence-corrected chi connectivity index (χ4v) is 1.78. The average molecular weight is 283 g/mol. The summed E-state index contributed by atoms with van der Waals surface area (Å²) in [6.07, 6.45) is 2.88. The van der Waals surface area contributed by atoms with Crippen molar-refractivity contribution < 1.29 is 9.66 Å². The van der Waals surface area contributed by atoms with Crippen LogP contribution in [0.1, 0.15) is 25.0 Å². The van der Waals surface area contributed by atoms with E-state index in [1.54, 1.807) is 21.1 Å². The molecule has 1 aromatic heterocycles. The minimum atomic E-state index is -0.456. The molecule has 0 aromatic carbocycles. The molecule has 1 rings (SSSR count). The van der Waals surface area contributed by atoms with Crippen LogP contribution in [0.4, 0.5) is 17.5 Å². The van der Waals surface area contributed by atoms with Gasteiger partial charge in [-0.15, -0.1) is 0 Å². The summed E-state index contributed by atoms with van der Waals surface area (Å²) in [6, 6.07) is 0. The number of rotatable bonds is 9. The SMILES string of the molecule is CNc1nc(C)c([N+](=O)[O-])c(NCCCCCOC)n1. The highest BCUT2D eigenvalue weighted by molar-refractivity contribution is 5.60. The van der Waals surface area contributed by atoms with Gasteiger partial charge in [0.1, 0.15) is 5.69 Å². The van der Waals surface area contributed by atoms with Crippen molar-refractivity contribution in [2.24, 2.45) is 0 Å². The molecule has 8 nitrogen and oxygen atoms in total. The molecule has 0 saturated heterocycles. The van der Waals surface area contributed by atoms with Crippen molar-refractivity contribution >= 4 is 17.5 Å². The number of hydrogen-bond donors (Lipinski definition) is 2. The normalized spacial score (nSPS) is 10.3. The second-order valence-corrected chi connectivity index (χ2v) is 4.32. The van der Waals surface area contributed by atoms with E-state index in [4.69, 9.17) is 4.74 Å². The number of anilines is 2. The van der Waals surface area contributed by atoms with Gasteiger partial charge in [0.2, 0.25) is 11.8 Å². The van der Waals surface area contributed by atoms with Gasteiger partial charge in [0.15, 0.2) is 0 Å². The summed E-state index contributed by atoms with van der Waals surface area (Å²) in [6.45, 7) is 2.96. The van der Waals surface area contributed by atoms with Gasteiger partial charge in [-0.2, -0.15) is 4.98 Å². The van der Waals surface area contributed by atoms with Crippen molar-refractivity contribution in [3.8, 4) is 0 Å². The molecule has 1 aromatic rings. The van der Waals surface area contributed by atoms with Gasteiger partial charge in [-0.05, 0) is 26.2 Å². The topological polar surface area (TPSA) is 102 Å². The van der Waals surface area contributed by atoms with Crippen LogP contribution in [0.2, 0.25) is 0 Å². The van der Waals surface area contributed by atoms with Crippen LogP contribution < -0.4 is 10.6 Å². The number of aryl methyl sites for hydroxylation is 1. The van der Waals surface area contributed by atoms with E-state index >= 15 is 0 Å². The standard InChI is InChI=1S/C12H21N5O3/c1-9-10(17(18)19)11(16-12(13-2)15-9)14-7-5-4-6-8-20-3/h4-8H2,1-3H3,(H2,13,14,15,16). The van der Waals surface area contributed by atoms with E-state index in [0.29, 0.717) is 18.2 Å². The van der Waals surface area contributed by atoms with Crippen LogP contribution in [-0.4, -0.2) is 42.2 Å². The van der Waals surface area contributed by atoms with Crippen molar-refractivity contribution in [2.45, 2.75) is 26.2 Å². The predicted molar refractivity (Wildman–Crippen MR) is 77.2 cm³/mol. The Morgan fingerprint density at radius 1 is 1.30 bits per heavy atom. The van der Waals surface area contributed by atoms with Gasteiger partial charge in [-0.1, -0.05) is 0 Å². The largest absolute Gasteiger partial charge is 0.385 e. The molecule has 0 fully saturated rings. The zero-order chi connectivity index (χ0) is 15.0. The van der Waals surface area contributed by atoms with E-state index in [0.717, 1.165) is 25.9 Å². The minimum Gasteiger partial charge on any atom is -0.385 e. The molecule has 2 N–H and O–H groups in total. The molecule has 0 spiro atoms. The third-order valence-electron chi connectivity index (χ3n) is 2.78. The number of nitrogens with zero attached hydrogens (tertiary/aromatic N) is 3. The lowest BCUT2D eigenvalue weighted by molar-refractivity contribution is -0.385. The molecule has 0 bridgehead atoms. The van der Waals surface area contributed by atoms with Crippen LogP contribution in [0.15, 0.2) is 0 Å². The monoisotopic (exact) mass is 283 g/mol. The molecule has 0 amide bonds. The molecular formula is C12H21N5O3. The third-order valence-corrected chi connectivity index (χ3v) is 2.78.